The quantitative estimate of drug-likeness (QED) is 0.290. The Kier molecular flexibility index (Phi) is 5.86. The zero-order chi connectivity index (χ0) is 20.9. The maximum atomic E-state index is 11.0. The van der Waals surface area contributed by atoms with Crippen LogP contribution < -0.4 is 4.80 Å². The van der Waals surface area contributed by atoms with Crippen LogP contribution >= 0.6 is 11.3 Å². The third-order valence-electron chi connectivity index (χ3n) is 4.97. The average Bonchev–Trinajstić information content (AvgIpc) is 3.17. The number of rotatable bonds is 6. The SMILES string of the molecule is Cc1ccccc1N=c1scc(-c2ccc([N+](=O)[O-])cc2)n1CCc1ccccc1. The summed E-state index contributed by atoms with van der Waals surface area (Å²) in [6.45, 7) is 2.82. The summed E-state index contributed by atoms with van der Waals surface area (Å²) in [5.41, 5.74) is 5.37. The average molecular weight is 416 g/mol. The molecule has 0 saturated heterocycles. The second-order valence-electron chi connectivity index (χ2n) is 6.99. The summed E-state index contributed by atoms with van der Waals surface area (Å²) >= 11 is 1.58. The van der Waals surface area contributed by atoms with Crippen LogP contribution in [0.1, 0.15) is 11.1 Å². The summed E-state index contributed by atoms with van der Waals surface area (Å²) < 4.78 is 2.20. The summed E-state index contributed by atoms with van der Waals surface area (Å²) in [4.78, 5) is 16.5. The van der Waals surface area contributed by atoms with Gasteiger partial charge >= 0.3 is 0 Å². The first kappa shape index (κ1) is 19.8. The van der Waals surface area contributed by atoms with Gasteiger partial charge < -0.3 is 4.57 Å². The van der Waals surface area contributed by atoms with Crippen molar-refractivity contribution in [2.75, 3.05) is 0 Å². The second kappa shape index (κ2) is 8.88. The second-order valence-corrected chi connectivity index (χ2v) is 7.83. The molecule has 0 aliphatic carbocycles. The van der Waals surface area contributed by atoms with E-state index in [1.165, 1.54) is 5.56 Å². The minimum absolute atomic E-state index is 0.0923. The molecule has 1 heterocycles. The van der Waals surface area contributed by atoms with Crippen LogP contribution in [0.2, 0.25) is 0 Å². The van der Waals surface area contributed by atoms with Crippen LogP contribution in [0.15, 0.2) is 89.2 Å². The van der Waals surface area contributed by atoms with Gasteiger partial charge in [-0.15, -0.1) is 11.3 Å². The van der Waals surface area contributed by atoms with Gasteiger partial charge in [-0.3, -0.25) is 10.1 Å². The molecule has 1 aromatic heterocycles. The molecule has 30 heavy (non-hydrogen) atoms. The number of hydrogen-bond acceptors (Lipinski definition) is 4. The fourth-order valence-corrected chi connectivity index (χ4v) is 4.25. The van der Waals surface area contributed by atoms with E-state index in [0.717, 1.165) is 40.3 Å². The molecule has 3 aromatic carbocycles. The molecular weight excluding hydrogens is 394 g/mol. The number of benzene rings is 3. The van der Waals surface area contributed by atoms with E-state index in [1.807, 2.05) is 36.4 Å². The van der Waals surface area contributed by atoms with Crippen LogP contribution in [0.3, 0.4) is 0 Å². The molecule has 0 amide bonds. The van der Waals surface area contributed by atoms with Gasteiger partial charge in [-0.1, -0.05) is 48.5 Å². The van der Waals surface area contributed by atoms with E-state index in [0.29, 0.717) is 0 Å². The zero-order valence-corrected chi connectivity index (χ0v) is 17.4. The molecule has 6 heteroatoms. The van der Waals surface area contributed by atoms with Gasteiger partial charge in [0.25, 0.3) is 5.69 Å². The predicted molar refractivity (Wildman–Crippen MR) is 121 cm³/mol. The van der Waals surface area contributed by atoms with E-state index in [9.17, 15) is 10.1 Å². The lowest BCUT2D eigenvalue weighted by molar-refractivity contribution is -0.384. The lowest BCUT2D eigenvalue weighted by atomic mass is 10.1. The van der Waals surface area contributed by atoms with E-state index in [-0.39, 0.29) is 10.6 Å². The van der Waals surface area contributed by atoms with Crippen LogP contribution in [0.5, 0.6) is 0 Å². The highest BCUT2D eigenvalue weighted by molar-refractivity contribution is 7.07. The van der Waals surface area contributed by atoms with E-state index in [1.54, 1.807) is 35.6 Å². The Hall–Kier alpha value is -3.51. The fourth-order valence-electron chi connectivity index (χ4n) is 3.30. The molecule has 0 saturated carbocycles. The van der Waals surface area contributed by atoms with Crippen molar-refractivity contribution in [3.05, 3.63) is 110 Å². The summed E-state index contributed by atoms with van der Waals surface area (Å²) in [5.74, 6) is 0. The van der Waals surface area contributed by atoms with Gasteiger partial charge in [0.15, 0.2) is 4.80 Å². The van der Waals surface area contributed by atoms with Crippen molar-refractivity contribution >= 4 is 22.7 Å². The van der Waals surface area contributed by atoms with Gasteiger partial charge in [0, 0.05) is 24.1 Å². The number of aromatic nitrogens is 1. The largest absolute Gasteiger partial charge is 0.316 e. The predicted octanol–water partition coefficient (Wildman–Crippen LogP) is 5.91. The smallest absolute Gasteiger partial charge is 0.269 e. The van der Waals surface area contributed by atoms with Gasteiger partial charge in [0.05, 0.1) is 16.3 Å². The summed E-state index contributed by atoms with van der Waals surface area (Å²) in [6.07, 6.45) is 0.874. The molecule has 0 bridgehead atoms. The van der Waals surface area contributed by atoms with E-state index >= 15 is 0 Å². The van der Waals surface area contributed by atoms with Crippen molar-refractivity contribution in [1.82, 2.24) is 4.57 Å². The van der Waals surface area contributed by atoms with Crippen LogP contribution in [0.4, 0.5) is 11.4 Å². The summed E-state index contributed by atoms with van der Waals surface area (Å²) in [7, 11) is 0. The van der Waals surface area contributed by atoms with Crippen molar-refractivity contribution in [3.8, 4) is 11.3 Å². The minimum Gasteiger partial charge on any atom is -0.316 e. The number of nitro benzene ring substituents is 1. The summed E-state index contributed by atoms with van der Waals surface area (Å²) in [6, 6.07) is 25.1. The third kappa shape index (κ3) is 4.39. The lowest BCUT2D eigenvalue weighted by Gasteiger charge is -2.10. The molecule has 150 valence electrons. The molecule has 0 radical (unpaired) electrons. The van der Waals surface area contributed by atoms with Crippen molar-refractivity contribution in [2.45, 2.75) is 19.9 Å². The molecule has 0 aliphatic rings. The van der Waals surface area contributed by atoms with Crippen LogP contribution in [0, 0.1) is 17.0 Å². The monoisotopic (exact) mass is 415 g/mol. The molecule has 0 atom stereocenters. The Morgan fingerprint density at radius 1 is 0.967 bits per heavy atom. The Balaban J connectivity index is 1.77. The number of hydrogen-bond donors (Lipinski definition) is 0. The Morgan fingerprint density at radius 2 is 1.67 bits per heavy atom. The zero-order valence-electron chi connectivity index (χ0n) is 16.6. The van der Waals surface area contributed by atoms with Crippen LogP contribution in [-0.2, 0) is 13.0 Å². The molecule has 0 spiro atoms. The Labute approximate surface area is 178 Å². The molecule has 5 nitrogen and oxygen atoms in total. The first-order chi connectivity index (χ1) is 14.6. The highest BCUT2D eigenvalue weighted by atomic mass is 32.1. The fraction of sp³-hybridized carbons (Fsp3) is 0.125. The van der Waals surface area contributed by atoms with Gasteiger partial charge in [-0.05, 0) is 48.2 Å². The molecular formula is C24H21N3O2S. The number of non-ortho nitro benzene ring substituents is 1. The molecule has 0 N–H and O–H groups in total. The maximum absolute atomic E-state index is 11.0. The van der Waals surface area contributed by atoms with E-state index in [2.05, 4.69) is 35.1 Å². The van der Waals surface area contributed by atoms with E-state index in [4.69, 9.17) is 4.99 Å². The first-order valence-electron chi connectivity index (χ1n) is 9.69. The van der Waals surface area contributed by atoms with Crippen molar-refractivity contribution in [2.24, 2.45) is 4.99 Å². The first-order valence-corrected chi connectivity index (χ1v) is 10.6. The molecule has 0 unspecified atom stereocenters. The van der Waals surface area contributed by atoms with Gasteiger partial charge in [-0.25, -0.2) is 4.99 Å². The number of nitro groups is 1. The molecule has 4 rings (SSSR count). The topological polar surface area (TPSA) is 60.4 Å². The molecule has 0 fully saturated rings. The van der Waals surface area contributed by atoms with Gasteiger partial charge in [-0.2, -0.15) is 0 Å². The van der Waals surface area contributed by atoms with E-state index < -0.39 is 0 Å². The number of aryl methyl sites for hydroxylation is 2. The highest BCUT2D eigenvalue weighted by Gasteiger charge is 2.11. The van der Waals surface area contributed by atoms with Gasteiger partial charge in [0.1, 0.15) is 0 Å². The van der Waals surface area contributed by atoms with Crippen molar-refractivity contribution in [1.29, 1.82) is 0 Å². The lowest BCUT2D eigenvalue weighted by Crippen LogP contribution is -2.17. The summed E-state index contributed by atoms with van der Waals surface area (Å²) in [5, 5.41) is 13.1. The van der Waals surface area contributed by atoms with Crippen molar-refractivity contribution in [3.63, 3.8) is 0 Å². The Bertz CT molecular complexity index is 1230. The number of para-hydroxylation sites is 1. The maximum Gasteiger partial charge on any atom is 0.269 e. The number of nitrogens with zero attached hydrogens (tertiary/aromatic N) is 3. The standard InChI is InChI=1S/C24H21N3O2S/c1-18-7-5-6-10-22(18)25-24-26(16-15-19-8-3-2-4-9-19)23(17-30-24)20-11-13-21(14-12-20)27(28)29/h2-14,17H,15-16H2,1H3. The Morgan fingerprint density at radius 3 is 2.37 bits per heavy atom. The third-order valence-corrected chi connectivity index (χ3v) is 5.83. The highest BCUT2D eigenvalue weighted by Crippen LogP contribution is 2.24. The van der Waals surface area contributed by atoms with Crippen molar-refractivity contribution < 1.29 is 4.92 Å². The minimum atomic E-state index is -0.375. The molecule has 4 aromatic rings. The van der Waals surface area contributed by atoms with Gasteiger partial charge in [0.2, 0.25) is 0 Å². The number of thiazole rings is 1. The normalized spacial score (nSPS) is 11.6. The van der Waals surface area contributed by atoms with Crippen LogP contribution in [0.25, 0.3) is 11.3 Å². The molecule has 0 aliphatic heterocycles. The van der Waals surface area contributed by atoms with Crippen LogP contribution in [-0.4, -0.2) is 9.49 Å².